The Bertz CT molecular complexity index is 379. The van der Waals surface area contributed by atoms with Gasteiger partial charge in [0.1, 0.15) is 0 Å². The lowest BCUT2D eigenvalue weighted by atomic mass is 10.4. The number of nitrogens with zero attached hydrogens (tertiary/aromatic N) is 2. The van der Waals surface area contributed by atoms with Crippen LogP contribution in [0.1, 0.15) is 12.6 Å². The van der Waals surface area contributed by atoms with Crippen molar-refractivity contribution in [3.8, 4) is 0 Å². The monoisotopic (exact) mass is 253 g/mol. The molecule has 74 valence electrons. The van der Waals surface area contributed by atoms with E-state index in [9.17, 15) is 0 Å². The van der Waals surface area contributed by atoms with Crippen molar-refractivity contribution in [3.63, 3.8) is 0 Å². The molecule has 1 aromatic heterocycles. The number of pyridine rings is 1. The molecule has 0 unspecified atom stereocenters. The third kappa shape index (κ3) is 3.30. The SMILES string of the molecule is C/C(N)=C/C=Nc1ccc(Br)c(C)n1. The number of allylic oxidation sites excluding steroid dienone is 2. The summed E-state index contributed by atoms with van der Waals surface area (Å²) in [6.07, 6.45) is 3.38. The molecule has 0 fully saturated rings. The van der Waals surface area contributed by atoms with Crippen LogP contribution in [-0.2, 0) is 0 Å². The summed E-state index contributed by atoms with van der Waals surface area (Å²) < 4.78 is 0.988. The molecular weight excluding hydrogens is 242 g/mol. The number of rotatable bonds is 2. The molecule has 0 amide bonds. The van der Waals surface area contributed by atoms with Crippen LogP contribution < -0.4 is 5.73 Å². The lowest BCUT2D eigenvalue weighted by Crippen LogP contribution is -1.89. The maximum absolute atomic E-state index is 5.45. The molecule has 14 heavy (non-hydrogen) atoms. The highest BCUT2D eigenvalue weighted by molar-refractivity contribution is 9.10. The highest BCUT2D eigenvalue weighted by Gasteiger charge is 1.95. The first-order valence-corrected chi connectivity index (χ1v) is 4.98. The van der Waals surface area contributed by atoms with Crippen molar-refractivity contribution in [1.29, 1.82) is 0 Å². The van der Waals surface area contributed by atoms with E-state index in [-0.39, 0.29) is 0 Å². The van der Waals surface area contributed by atoms with E-state index in [1.807, 2.05) is 26.0 Å². The smallest absolute Gasteiger partial charge is 0.152 e. The fourth-order valence-electron chi connectivity index (χ4n) is 0.834. The second-order valence-corrected chi connectivity index (χ2v) is 3.78. The molecule has 0 bridgehead atoms. The molecule has 0 spiro atoms. The Morgan fingerprint density at radius 3 is 2.86 bits per heavy atom. The fourth-order valence-corrected chi connectivity index (χ4v) is 1.05. The zero-order valence-corrected chi connectivity index (χ0v) is 9.75. The highest BCUT2D eigenvalue weighted by atomic mass is 79.9. The molecule has 2 N–H and O–H groups in total. The summed E-state index contributed by atoms with van der Waals surface area (Å²) in [5.74, 6) is 0.684. The summed E-state index contributed by atoms with van der Waals surface area (Å²) in [5.41, 5.74) is 7.10. The minimum Gasteiger partial charge on any atom is -0.402 e. The van der Waals surface area contributed by atoms with Crippen LogP contribution in [0, 0.1) is 6.92 Å². The number of nitrogens with two attached hydrogens (primary N) is 1. The molecule has 3 nitrogen and oxygen atoms in total. The zero-order chi connectivity index (χ0) is 10.6. The average Bonchev–Trinajstić information content (AvgIpc) is 2.10. The number of aliphatic imine (C=N–C) groups is 1. The summed E-state index contributed by atoms with van der Waals surface area (Å²) in [5, 5.41) is 0. The molecule has 0 atom stereocenters. The molecule has 0 saturated carbocycles. The number of aryl methyl sites for hydroxylation is 1. The third-order valence-electron chi connectivity index (χ3n) is 1.55. The average molecular weight is 254 g/mol. The first-order valence-electron chi connectivity index (χ1n) is 4.19. The highest BCUT2D eigenvalue weighted by Crippen LogP contribution is 2.17. The van der Waals surface area contributed by atoms with Crippen molar-refractivity contribution < 1.29 is 0 Å². The zero-order valence-electron chi connectivity index (χ0n) is 8.16. The van der Waals surface area contributed by atoms with Gasteiger partial charge in [0.25, 0.3) is 0 Å². The van der Waals surface area contributed by atoms with Gasteiger partial charge in [-0.2, -0.15) is 0 Å². The van der Waals surface area contributed by atoms with E-state index in [0.717, 1.165) is 15.9 Å². The predicted molar refractivity (Wildman–Crippen MR) is 62.8 cm³/mol. The van der Waals surface area contributed by atoms with Crippen LogP contribution in [0.2, 0.25) is 0 Å². The molecule has 4 heteroatoms. The van der Waals surface area contributed by atoms with Gasteiger partial charge in [0.15, 0.2) is 5.82 Å². The van der Waals surface area contributed by atoms with Gasteiger partial charge >= 0.3 is 0 Å². The van der Waals surface area contributed by atoms with Crippen LogP contribution in [0.3, 0.4) is 0 Å². The number of hydrogen-bond acceptors (Lipinski definition) is 3. The second kappa shape index (κ2) is 4.91. The molecule has 0 aromatic carbocycles. The van der Waals surface area contributed by atoms with Gasteiger partial charge < -0.3 is 5.73 Å². The van der Waals surface area contributed by atoms with Crippen molar-refractivity contribution in [2.24, 2.45) is 10.7 Å². The minimum absolute atomic E-state index is 0.684. The maximum Gasteiger partial charge on any atom is 0.152 e. The summed E-state index contributed by atoms with van der Waals surface area (Å²) in [6, 6.07) is 3.77. The quantitative estimate of drug-likeness (QED) is 0.825. The molecule has 1 rings (SSSR count). The summed E-state index contributed by atoms with van der Waals surface area (Å²) >= 11 is 3.37. The van der Waals surface area contributed by atoms with E-state index < -0.39 is 0 Å². The minimum atomic E-state index is 0.684. The third-order valence-corrected chi connectivity index (χ3v) is 2.39. The topological polar surface area (TPSA) is 51.3 Å². The van der Waals surface area contributed by atoms with Gasteiger partial charge in [-0.15, -0.1) is 0 Å². The van der Waals surface area contributed by atoms with E-state index >= 15 is 0 Å². The van der Waals surface area contributed by atoms with E-state index in [0.29, 0.717) is 5.82 Å². The maximum atomic E-state index is 5.45. The first-order chi connectivity index (χ1) is 6.59. The summed E-state index contributed by atoms with van der Waals surface area (Å²) in [4.78, 5) is 8.39. The van der Waals surface area contributed by atoms with Crippen LogP contribution >= 0.6 is 15.9 Å². The summed E-state index contributed by atoms with van der Waals surface area (Å²) in [7, 11) is 0. The van der Waals surface area contributed by atoms with Crippen molar-refractivity contribution >= 4 is 28.0 Å². The van der Waals surface area contributed by atoms with Crippen molar-refractivity contribution in [1.82, 2.24) is 4.98 Å². The van der Waals surface area contributed by atoms with Gasteiger partial charge in [0, 0.05) is 16.4 Å². The largest absolute Gasteiger partial charge is 0.402 e. The van der Waals surface area contributed by atoms with Gasteiger partial charge in [-0.1, -0.05) is 0 Å². The van der Waals surface area contributed by atoms with Gasteiger partial charge in [-0.25, -0.2) is 9.98 Å². The van der Waals surface area contributed by atoms with E-state index in [2.05, 4.69) is 25.9 Å². The van der Waals surface area contributed by atoms with Crippen molar-refractivity contribution in [2.45, 2.75) is 13.8 Å². The van der Waals surface area contributed by atoms with E-state index in [1.54, 1.807) is 12.3 Å². The number of halogens is 1. The van der Waals surface area contributed by atoms with E-state index in [4.69, 9.17) is 5.73 Å². The predicted octanol–water partition coefficient (Wildman–Crippen LogP) is 2.72. The van der Waals surface area contributed by atoms with Crippen LogP contribution in [0.15, 0.2) is 33.4 Å². The van der Waals surface area contributed by atoms with Gasteiger partial charge in [-0.3, -0.25) is 0 Å². The molecule has 0 aliphatic rings. The Morgan fingerprint density at radius 1 is 1.57 bits per heavy atom. The van der Waals surface area contributed by atoms with Crippen molar-refractivity contribution in [2.75, 3.05) is 0 Å². The Hall–Kier alpha value is -1.16. The van der Waals surface area contributed by atoms with Gasteiger partial charge in [0.05, 0.1) is 5.69 Å². The first kappa shape index (κ1) is 10.9. The standard InChI is InChI=1S/C10H12BrN3/c1-7(12)5-6-13-10-4-3-9(11)8(2)14-10/h3-6H,12H2,1-2H3/b7-5-,13-6?. The molecule has 0 aliphatic heterocycles. The van der Waals surface area contributed by atoms with Gasteiger partial charge in [0.2, 0.25) is 0 Å². The molecule has 1 aromatic rings. The second-order valence-electron chi connectivity index (χ2n) is 2.93. The molecule has 0 saturated heterocycles. The normalized spacial score (nSPS) is 12.4. The van der Waals surface area contributed by atoms with Crippen LogP contribution in [0.25, 0.3) is 0 Å². The van der Waals surface area contributed by atoms with E-state index in [1.165, 1.54) is 0 Å². The molecular formula is C10H12BrN3. The molecule has 0 aliphatic carbocycles. The summed E-state index contributed by atoms with van der Waals surface area (Å²) in [6.45, 7) is 3.74. The Labute approximate surface area is 91.9 Å². The number of hydrogen-bond donors (Lipinski definition) is 1. The lowest BCUT2D eigenvalue weighted by Gasteiger charge is -1.97. The molecule has 1 heterocycles. The van der Waals surface area contributed by atoms with Crippen LogP contribution in [0.4, 0.5) is 5.82 Å². The fraction of sp³-hybridized carbons (Fsp3) is 0.200. The Morgan fingerprint density at radius 2 is 2.29 bits per heavy atom. The van der Waals surface area contributed by atoms with Crippen molar-refractivity contribution in [3.05, 3.63) is 34.1 Å². The van der Waals surface area contributed by atoms with Gasteiger partial charge in [-0.05, 0) is 48.0 Å². The molecule has 0 radical (unpaired) electrons. The lowest BCUT2D eigenvalue weighted by molar-refractivity contribution is 1.16. The Kier molecular flexibility index (Phi) is 3.83. The number of aromatic nitrogens is 1. The van der Waals surface area contributed by atoms with Crippen LogP contribution in [0.5, 0.6) is 0 Å². The Balaban J connectivity index is 2.83. The van der Waals surface area contributed by atoms with Crippen LogP contribution in [-0.4, -0.2) is 11.2 Å².